The Balaban J connectivity index is 1.62. The minimum absolute atomic E-state index is 0.185. The summed E-state index contributed by atoms with van der Waals surface area (Å²) in [6.07, 6.45) is 3.74. The molecular formula is C27H28N3P. The summed E-state index contributed by atoms with van der Waals surface area (Å²) in [6, 6.07) is 25.0. The molecule has 0 amide bonds. The zero-order valence-electron chi connectivity index (χ0n) is 18.5. The molecule has 0 aliphatic carbocycles. The summed E-state index contributed by atoms with van der Waals surface area (Å²) in [5.41, 5.74) is 7.13. The van der Waals surface area contributed by atoms with Crippen molar-refractivity contribution in [3.05, 3.63) is 85.2 Å². The van der Waals surface area contributed by atoms with E-state index in [2.05, 4.69) is 69.1 Å². The Hall–Kier alpha value is -2.90. The number of hydrogen-bond acceptors (Lipinski definition) is 3. The van der Waals surface area contributed by atoms with Crippen molar-refractivity contribution in [2.45, 2.75) is 39.0 Å². The normalized spacial score (nSPS) is 11.5. The lowest BCUT2D eigenvalue weighted by atomic mass is 10.1. The van der Waals surface area contributed by atoms with Gasteiger partial charge in [-0.3, -0.25) is 9.97 Å². The molecule has 0 fully saturated rings. The highest BCUT2D eigenvalue weighted by Gasteiger charge is 2.19. The molecule has 4 aromatic rings. The van der Waals surface area contributed by atoms with Gasteiger partial charge >= 0.3 is 0 Å². The number of pyridine rings is 3. The van der Waals surface area contributed by atoms with E-state index < -0.39 is 0 Å². The third-order valence-electron chi connectivity index (χ3n) is 5.29. The summed E-state index contributed by atoms with van der Waals surface area (Å²) in [6.45, 7) is 9.34. The molecule has 1 aromatic carbocycles. The first kappa shape index (κ1) is 21.3. The van der Waals surface area contributed by atoms with Crippen molar-refractivity contribution in [2.75, 3.05) is 0 Å². The molecule has 0 aliphatic rings. The molecule has 4 rings (SSSR count). The van der Waals surface area contributed by atoms with Gasteiger partial charge in [0.05, 0.1) is 22.8 Å². The van der Waals surface area contributed by atoms with E-state index in [-0.39, 0.29) is 7.92 Å². The largest absolute Gasteiger partial charge is 0.255 e. The third kappa shape index (κ3) is 4.89. The summed E-state index contributed by atoms with van der Waals surface area (Å²) in [5.74, 6) is 0. The van der Waals surface area contributed by atoms with Gasteiger partial charge in [0.1, 0.15) is 0 Å². The Kier molecular flexibility index (Phi) is 6.53. The first-order valence-electron chi connectivity index (χ1n) is 10.8. The molecule has 0 atom stereocenters. The number of rotatable bonds is 6. The van der Waals surface area contributed by atoms with E-state index in [0.29, 0.717) is 11.3 Å². The minimum Gasteiger partial charge on any atom is -0.255 e. The molecule has 4 heteroatoms. The van der Waals surface area contributed by atoms with Gasteiger partial charge in [-0.25, -0.2) is 4.98 Å². The van der Waals surface area contributed by atoms with E-state index in [1.165, 1.54) is 10.9 Å². The zero-order chi connectivity index (χ0) is 21.8. The molecule has 0 bridgehead atoms. The van der Waals surface area contributed by atoms with Crippen LogP contribution < -0.4 is 5.30 Å². The van der Waals surface area contributed by atoms with Gasteiger partial charge in [-0.15, -0.1) is 0 Å². The van der Waals surface area contributed by atoms with E-state index in [0.717, 1.165) is 28.3 Å². The molecular weight excluding hydrogens is 397 g/mol. The maximum atomic E-state index is 4.77. The first-order chi connectivity index (χ1) is 15.0. The maximum Gasteiger partial charge on any atom is 0.0894 e. The standard InChI is InChI=1S/C27H28N3P/c1-19(2)31(20(3)4)23-10-7-9-21(17-23)22-14-15-25(29-18-22)27-13-8-12-26(30-27)24-11-5-6-16-28-24/h5-20H,1-4H3. The minimum atomic E-state index is -0.185. The van der Waals surface area contributed by atoms with Gasteiger partial charge in [-0.05, 0) is 58.6 Å². The zero-order valence-corrected chi connectivity index (χ0v) is 19.4. The molecule has 3 heterocycles. The van der Waals surface area contributed by atoms with Crippen LogP contribution in [0.25, 0.3) is 33.9 Å². The van der Waals surface area contributed by atoms with Crippen LogP contribution in [-0.4, -0.2) is 26.3 Å². The van der Waals surface area contributed by atoms with Crippen LogP contribution in [0, 0.1) is 0 Å². The Morgan fingerprint density at radius 1 is 0.613 bits per heavy atom. The second-order valence-electron chi connectivity index (χ2n) is 8.20. The molecule has 0 spiro atoms. The molecule has 0 radical (unpaired) electrons. The van der Waals surface area contributed by atoms with Crippen LogP contribution in [0.3, 0.4) is 0 Å². The Morgan fingerprint density at radius 2 is 1.29 bits per heavy atom. The van der Waals surface area contributed by atoms with Gasteiger partial charge in [0.2, 0.25) is 0 Å². The molecule has 0 saturated carbocycles. The van der Waals surface area contributed by atoms with Crippen molar-refractivity contribution in [1.29, 1.82) is 0 Å². The number of aromatic nitrogens is 3. The van der Waals surface area contributed by atoms with Crippen LogP contribution in [0.1, 0.15) is 27.7 Å². The Morgan fingerprint density at radius 3 is 1.90 bits per heavy atom. The fraction of sp³-hybridized carbons (Fsp3) is 0.222. The van der Waals surface area contributed by atoms with E-state index >= 15 is 0 Å². The highest BCUT2D eigenvalue weighted by molar-refractivity contribution is 7.66. The fourth-order valence-corrected chi connectivity index (χ4v) is 6.92. The lowest BCUT2D eigenvalue weighted by Gasteiger charge is -2.26. The summed E-state index contributed by atoms with van der Waals surface area (Å²) >= 11 is 0. The van der Waals surface area contributed by atoms with Gasteiger partial charge in [-0.1, -0.05) is 72.0 Å². The maximum absolute atomic E-state index is 4.77. The first-order valence-corrected chi connectivity index (χ1v) is 12.2. The highest BCUT2D eigenvalue weighted by atomic mass is 31.1. The van der Waals surface area contributed by atoms with E-state index in [4.69, 9.17) is 9.97 Å². The lowest BCUT2D eigenvalue weighted by molar-refractivity contribution is 1.02. The van der Waals surface area contributed by atoms with Crippen LogP contribution in [0.5, 0.6) is 0 Å². The van der Waals surface area contributed by atoms with E-state index in [1.807, 2.05) is 42.6 Å². The van der Waals surface area contributed by atoms with Crippen molar-refractivity contribution in [3.63, 3.8) is 0 Å². The molecule has 0 saturated heterocycles. The van der Waals surface area contributed by atoms with Crippen LogP contribution >= 0.6 is 7.92 Å². The predicted molar refractivity (Wildman–Crippen MR) is 133 cm³/mol. The topological polar surface area (TPSA) is 38.7 Å². The van der Waals surface area contributed by atoms with Crippen LogP contribution in [-0.2, 0) is 0 Å². The van der Waals surface area contributed by atoms with Crippen molar-refractivity contribution in [2.24, 2.45) is 0 Å². The quantitative estimate of drug-likeness (QED) is 0.319. The molecule has 3 aromatic heterocycles. The van der Waals surface area contributed by atoms with Crippen molar-refractivity contribution in [3.8, 4) is 33.9 Å². The Bertz CT molecular complexity index is 1130. The SMILES string of the molecule is CC(C)P(c1cccc(-c2ccc(-c3cccc(-c4ccccn4)n3)nc2)c1)C(C)C. The lowest BCUT2D eigenvalue weighted by Crippen LogP contribution is -2.15. The van der Waals surface area contributed by atoms with Gasteiger partial charge in [-0.2, -0.15) is 0 Å². The molecule has 0 N–H and O–H groups in total. The van der Waals surface area contributed by atoms with Crippen LogP contribution in [0.2, 0.25) is 0 Å². The molecule has 3 nitrogen and oxygen atoms in total. The van der Waals surface area contributed by atoms with E-state index in [1.54, 1.807) is 6.20 Å². The van der Waals surface area contributed by atoms with E-state index in [9.17, 15) is 0 Å². The number of nitrogens with zero attached hydrogens (tertiary/aromatic N) is 3. The summed E-state index contributed by atoms with van der Waals surface area (Å²) in [5, 5.41) is 1.46. The number of benzene rings is 1. The fourth-order valence-electron chi connectivity index (χ4n) is 3.99. The monoisotopic (exact) mass is 425 g/mol. The van der Waals surface area contributed by atoms with Gasteiger partial charge in [0.25, 0.3) is 0 Å². The summed E-state index contributed by atoms with van der Waals surface area (Å²) < 4.78 is 0. The van der Waals surface area contributed by atoms with Gasteiger partial charge in [0, 0.05) is 18.0 Å². The number of hydrogen-bond donors (Lipinski definition) is 0. The second-order valence-corrected chi connectivity index (χ2v) is 11.6. The van der Waals surface area contributed by atoms with Crippen molar-refractivity contribution >= 4 is 13.2 Å². The van der Waals surface area contributed by atoms with Crippen molar-refractivity contribution < 1.29 is 0 Å². The van der Waals surface area contributed by atoms with Crippen molar-refractivity contribution in [1.82, 2.24) is 15.0 Å². The molecule has 156 valence electrons. The Labute approximate surface area is 186 Å². The average Bonchev–Trinajstić information content (AvgIpc) is 2.80. The average molecular weight is 426 g/mol. The summed E-state index contributed by atoms with van der Waals surface area (Å²) in [7, 11) is -0.185. The van der Waals surface area contributed by atoms with Crippen LogP contribution in [0.4, 0.5) is 0 Å². The van der Waals surface area contributed by atoms with Gasteiger partial charge < -0.3 is 0 Å². The van der Waals surface area contributed by atoms with Crippen LogP contribution in [0.15, 0.2) is 85.2 Å². The molecule has 0 aliphatic heterocycles. The third-order valence-corrected chi connectivity index (χ3v) is 8.39. The second kappa shape index (κ2) is 9.49. The predicted octanol–water partition coefficient (Wildman–Crippen LogP) is 6.80. The molecule has 31 heavy (non-hydrogen) atoms. The smallest absolute Gasteiger partial charge is 0.0894 e. The van der Waals surface area contributed by atoms with Gasteiger partial charge in [0.15, 0.2) is 0 Å². The molecule has 0 unspecified atom stereocenters. The highest BCUT2D eigenvalue weighted by Crippen LogP contribution is 2.45. The summed E-state index contributed by atoms with van der Waals surface area (Å²) in [4.78, 5) is 13.9.